The average molecular weight is 340 g/mol. The van der Waals surface area contributed by atoms with E-state index in [2.05, 4.69) is 0 Å². The quantitative estimate of drug-likeness (QED) is 0.774. The van der Waals surface area contributed by atoms with Crippen LogP contribution in [0.3, 0.4) is 0 Å². The molecule has 0 radical (unpaired) electrons. The van der Waals surface area contributed by atoms with Crippen LogP contribution in [0, 0.1) is 6.92 Å². The molecule has 23 heavy (non-hydrogen) atoms. The summed E-state index contributed by atoms with van der Waals surface area (Å²) in [7, 11) is 0. The Bertz CT molecular complexity index is 609. The zero-order valence-electron chi connectivity index (χ0n) is 13.9. The van der Waals surface area contributed by atoms with E-state index in [1.165, 1.54) is 4.90 Å². The van der Waals surface area contributed by atoms with E-state index in [-0.39, 0.29) is 12.4 Å². The molecular weight excluding hydrogens is 318 g/mol. The zero-order valence-corrected chi connectivity index (χ0v) is 14.6. The summed E-state index contributed by atoms with van der Waals surface area (Å²) >= 11 is 6.09. The maximum absolute atomic E-state index is 12.8. The summed E-state index contributed by atoms with van der Waals surface area (Å²) in [5.41, 5.74) is 0.743. The molecule has 0 N–H and O–H groups in total. The molecule has 1 saturated heterocycles. The molecule has 2 rings (SSSR count). The number of benzene rings is 1. The molecule has 1 amide bonds. The second-order valence-electron chi connectivity index (χ2n) is 6.59. The van der Waals surface area contributed by atoms with Gasteiger partial charge in [-0.15, -0.1) is 0 Å². The van der Waals surface area contributed by atoms with Gasteiger partial charge in [-0.3, -0.25) is 9.69 Å². The number of aryl methyl sites for hydroxylation is 1. The van der Waals surface area contributed by atoms with E-state index in [0.717, 1.165) is 5.56 Å². The molecule has 1 aliphatic heterocycles. The van der Waals surface area contributed by atoms with Crippen molar-refractivity contribution >= 4 is 23.5 Å². The minimum absolute atomic E-state index is 0.156. The lowest BCUT2D eigenvalue weighted by Crippen LogP contribution is -2.53. The van der Waals surface area contributed by atoms with Crippen molar-refractivity contribution in [2.24, 2.45) is 0 Å². The molecule has 1 fully saturated rings. The van der Waals surface area contributed by atoms with Crippen molar-refractivity contribution in [3.05, 3.63) is 34.3 Å². The summed E-state index contributed by atoms with van der Waals surface area (Å²) in [6, 6.07) is 4.43. The molecular formula is C17H22ClNO4. The first-order valence-electron chi connectivity index (χ1n) is 7.57. The summed E-state index contributed by atoms with van der Waals surface area (Å²) in [6.45, 7) is 8.12. The van der Waals surface area contributed by atoms with Crippen molar-refractivity contribution in [3.8, 4) is 0 Å². The van der Waals surface area contributed by atoms with E-state index in [0.29, 0.717) is 23.7 Å². The number of ether oxygens (including phenoxy) is 2. The molecule has 0 bridgehead atoms. The van der Waals surface area contributed by atoms with Gasteiger partial charge in [0, 0.05) is 17.1 Å². The zero-order chi connectivity index (χ0) is 17.2. The van der Waals surface area contributed by atoms with Crippen molar-refractivity contribution in [2.75, 3.05) is 19.8 Å². The van der Waals surface area contributed by atoms with Crippen LogP contribution in [0.15, 0.2) is 18.2 Å². The normalized spacial score (nSPS) is 18.7. The maximum atomic E-state index is 12.8. The Labute approximate surface area is 141 Å². The first-order valence-corrected chi connectivity index (χ1v) is 7.94. The number of rotatable bonds is 2. The first kappa shape index (κ1) is 17.8. The van der Waals surface area contributed by atoms with E-state index in [4.69, 9.17) is 21.1 Å². The van der Waals surface area contributed by atoms with Crippen LogP contribution in [0.2, 0.25) is 5.02 Å². The Kier molecular flexibility index (Phi) is 5.32. The Balaban J connectivity index is 2.21. The van der Waals surface area contributed by atoms with E-state index in [9.17, 15) is 9.59 Å². The van der Waals surface area contributed by atoms with Crippen LogP contribution < -0.4 is 0 Å². The smallest absolute Gasteiger partial charge is 0.411 e. The van der Waals surface area contributed by atoms with Gasteiger partial charge in [0.15, 0.2) is 5.78 Å². The largest absolute Gasteiger partial charge is 0.444 e. The molecule has 0 saturated carbocycles. The molecule has 0 spiro atoms. The van der Waals surface area contributed by atoms with Gasteiger partial charge in [-0.1, -0.05) is 23.7 Å². The number of ketones is 1. The fourth-order valence-electron chi connectivity index (χ4n) is 2.30. The molecule has 1 aliphatic rings. The number of hydrogen-bond acceptors (Lipinski definition) is 4. The van der Waals surface area contributed by atoms with E-state index in [1.54, 1.807) is 39.0 Å². The number of amides is 1. The standard InChI is InChI=1S/C17H22ClNO4/c1-11-5-6-12(9-13(11)18)15(20)14-10-22-8-7-19(14)16(21)23-17(2,3)4/h5-6,9,14H,7-8,10H2,1-4H3. The van der Waals surface area contributed by atoms with Crippen LogP contribution in [-0.4, -0.2) is 48.2 Å². The van der Waals surface area contributed by atoms with Gasteiger partial charge in [0.1, 0.15) is 11.6 Å². The molecule has 5 nitrogen and oxygen atoms in total. The van der Waals surface area contributed by atoms with Crippen molar-refractivity contribution in [1.82, 2.24) is 4.90 Å². The topological polar surface area (TPSA) is 55.8 Å². The fourth-order valence-corrected chi connectivity index (χ4v) is 2.48. The number of carbonyl (C=O) groups is 2. The highest BCUT2D eigenvalue weighted by atomic mass is 35.5. The Morgan fingerprint density at radius 2 is 2.04 bits per heavy atom. The van der Waals surface area contributed by atoms with Gasteiger partial charge in [-0.2, -0.15) is 0 Å². The van der Waals surface area contributed by atoms with Gasteiger partial charge in [0.25, 0.3) is 0 Å². The lowest BCUT2D eigenvalue weighted by molar-refractivity contribution is -0.0265. The van der Waals surface area contributed by atoms with Crippen LogP contribution in [0.5, 0.6) is 0 Å². The number of hydrogen-bond donors (Lipinski definition) is 0. The summed E-state index contributed by atoms with van der Waals surface area (Å²) in [4.78, 5) is 26.5. The van der Waals surface area contributed by atoms with Crippen molar-refractivity contribution < 1.29 is 19.1 Å². The summed E-state index contributed by atoms with van der Waals surface area (Å²) in [5.74, 6) is -0.197. The monoisotopic (exact) mass is 339 g/mol. The Morgan fingerprint density at radius 1 is 1.35 bits per heavy atom. The number of morpholine rings is 1. The Hall–Kier alpha value is -1.59. The van der Waals surface area contributed by atoms with Crippen molar-refractivity contribution in [3.63, 3.8) is 0 Å². The third kappa shape index (κ3) is 4.45. The van der Waals surface area contributed by atoms with Gasteiger partial charge in [0.2, 0.25) is 0 Å². The minimum atomic E-state index is -0.697. The van der Waals surface area contributed by atoms with Crippen LogP contribution in [0.1, 0.15) is 36.7 Å². The van der Waals surface area contributed by atoms with Gasteiger partial charge in [-0.05, 0) is 39.3 Å². The van der Waals surface area contributed by atoms with E-state index >= 15 is 0 Å². The highest BCUT2D eigenvalue weighted by Gasteiger charge is 2.35. The van der Waals surface area contributed by atoms with E-state index < -0.39 is 17.7 Å². The number of nitrogens with zero attached hydrogens (tertiary/aromatic N) is 1. The fraction of sp³-hybridized carbons (Fsp3) is 0.529. The van der Waals surface area contributed by atoms with Gasteiger partial charge in [0.05, 0.1) is 13.2 Å². The molecule has 1 unspecified atom stereocenters. The minimum Gasteiger partial charge on any atom is -0.444 e. The molecule has 1 aromatic rings. The predicted octanol–water partition coefficient (Wildman–Crippen LogP) is 3.47. The molecule has 126 valence electrons. The molecule has 1 aromatic carbocycles. The summed E-state index contributed by atoms with van der Waals surface area (Å²) in [6.07, 6.45) is -0.502. The highest BCUT2D eigenvalue weighted by Crippen LogP contribution is 2.21. The van der Waals surface area contributed by atoms with Crippen LogP contribution in [0.4, 0.5) is 4.79 Å². The second kappa shape index (κ2) is 6.89. The summed E-state index contributed by atoms with van der Waals surface area (Å²) in [5, 5.41) is 0.524. The first-order chi connectivity index (χ1) is 10.7. The number of carbonyl (C=O) groups excluding carboxylic acids is 2. The van der Waals surface area contributed by atoms with Gasteiger partial charge in [-0.25, -0.2) is 4.79 Å². The number of halogens is 1. The van der Waals surface area contributed by atoms with Gasteiger partial charge >= 0.3 is 6.09 Å². The van der Waals surface area contributed by atoms with E-state index in [1.807, 2.05) is 6.92 Å². The average Bonchev–Trinajstić information content (AvgIpc) is 2.47. The molecule has 1 atom stereocenters. The third-order valence-corrected chi connectivity index (χ3v) is 3.92. The second-order valence-corrected chi connectivity index (χ2v) is 7.00. The lowest BCUT2D eigenvalue weighted by atomic mass is 10.0. The molecule has 0 aliphatic carbocycles. The van der Waals surface area contributed by atoms with Crippen LogP contribution in [-0.2, 0) is 9.47 Å². The number of Topliss-reactive ketones (excluding diaryl/α,β-unsaturated/α-hetero) is 1. The maximum Gasteiger partial charge on any atom is 0.411 e. The molecule has 0 aromatic heterocycles. The van der Waals surface area contributed by atoms with Crippen LogP contribution >= 0.6 is 11.6 Å². The van der Waals surface area contributed by atoms with Gasteiger partial charge < -0.3 is 9.47 Å². The molecule has 6 heteroatoms. The highest BCUT2D eigenvalue weighted by molar-refractivity contribution is 6.31. The van der Waals surface area contributed by atoms with Crippen molar-refractivity contribution in [1.29, 1.82) is 0 Å². The SMILES string of the molecule is Cc1ccc(C(=O)C2COCCN2C(=O)OC(C)(C)C)cc1Cl. The molecule has 1 heterocycles. The Morgan fingerprint density at radius 3 is 2.65 bits per heavy atom. The lowest BCUT2D eigenvalue weighted by Gasteiger charge is -2.35. The van der Waals surface area contributed by atoms with Crippen molar-refractivity contribution in [2.45, 2.75) is 39.3 Å². The van der Waals surface area contributed by atoms with Crippen LogP contribution in [0.25, 0.3) is 0 Å². The predicted molar refractivity (Wildman–Crippen MR) is 88.1 cm³/mol. The third-order valence-electron chi connectivity index (χ3n) is 3.52. The summed E-state index contributed by atoms with van der Waals surface area (Å²) < 4.78 is 10.8.